The fourth-order valence-electron chi connectivity index (χ4n) is 2.44. The fraction of sp³-hybridized carbons (Fsp3) is 0.333. The Balaban J connectivity index is 2.21. The van der Waals surface area contributed by atoms with E-state index in [0.29, 0.717) is 12.5 Å². The second-order valence-electron chi connectivity index (χ2n) is 5.44. The smallest absolute Gasteiger partial charge is 0.159 e. The summed E-state index contributed by atoms with van der Waals surface area (Å²) in [5, 5.41) is 7.02. The van der Waals surface area contributed by atoms with Crippen molar-refractivity contribution < 1.29 is 0 Å². The quantitative estimate of drug-likeness (QED) is 0.764. The van der Waals surface area contributed by atoms with E-state index in [0.717, 1.165) is 34.7 Å². The molecule has 104 valence electrons. The third-order valence-electron chi connectivity index (χ3n) is 3.34. The van der Waals surface area contributed by atoms with Crippen molar-refractivity contribution in [2.45, 2.75) is 26.9 Å². The first-order valence-electron chi connectivity index (χ1n) is 6.88. The summed E-state index contributed by atoms with van der Waals surface area (Å²) >= 11 is 0. The Morgan fingerprint density at radius 1 is 1.30 bits per heavy atom. The van der Waals surface area contributed by atoms with Gasteiger partial charge in [0.15, 0.2) is 5.82 Å². The van der Waals surface area contributed by atoms with Gasteiger partial charge in [-0.25, -0.2) is 4.98 Å². The van der Waals surface area contributed by atoms with Crippen molar-refractivity contribution in [2.75, 3.05) is 0 Å². The summed E-state index contributed by atoms with van der Waals surface area (Å²) in [4.78, 5) is 4.75. The molecule has 0 aliphatic rings. The highest BCUT2D eigenvalue weighted by Gasteiger charge is 2.14. The molecule has 0 aliphatic heterocycles. The second-order valence-corrected chi connectivity index (χ2v) is 5.44. The molecule has 0 unspecified atom stereocenters. The molecule has 0 spiro atoms. The maximum absolute atomic E-state index is 5.71. The Morgan fingerprint density at radius 2 is 2.15 bits per heavy atom. The standard InChI is InChI=1S/C15H19N5/c1-10(2)9-20-14-4-3-11(8-16)7-13(14)18-15(20)12-5-6-17-19-12/h3-7,10H,8-9,16H2,1-2H3,(H,17,19). The summed E-state index contributed by atoms with van der Waals surface area (Å²) in [5.41, 5.74) is 9.87. The summed E-state index contributed by atoms with van der Waals surface area (Å²) in [6.07, 6.45) is 1.75. The molecule has 0 bridgehead atoms. The number of hydrogen-bond acceptors (Lipinski definition) is 3. The van der Waals surface area contributed by atoms with Crippen LogP contribution in [0.15, 0.2) is 30.5 Å². The number of benzene rings is 1. The minimum Gasteiger partial charge on any atom is -0.326 e. The number of imidazole rings is 1. The minimum absolute atomic E-state index is 0.534. The Labute approximate surface area is 117 Å². The van der Waals surface area contributed by atoms with Crippen LogP contribution in [0.25, 0.3) is 22.6 Å². The van der Waals surface area contributed by atoms with Crippen LogP contribution in [-0.2, 0) is 13.1 Å². The molecule has 1 aromatic carbocycles. The monoisotopic (exact) mass is 269 g/mol. The number of nitrogens with one attached hydrogen (secondary N) is 1. The lowest BCUT2D eigenvalue weighted by Crippen LogP contribution is -2.06. The Morgan fingerprint density at radius 3 is 2.80 bits per heavy atom. The zero-order chi connectivity index (χ0) is 14.1. The minimum atomic E-state index is 0.534. The number of aromatic amines is 1. The van der Waals surface area contributed by atoms with Crippen LogP contribution in [0.1, 0.15) is 19.4 Å². The lowest BCUT2D eigenvalue weighted by molar-refractivity contribution is 0.536. The highest BCUT2D eigenvalue weighted by atomic mass is 15.2. The van der Waals surface area contributed by atoms with E-state index in [-0.39, 0.29) is 0 Å². The van der Waals surface area contributed by atoms with E-state index in [4.69, 9.17) is 10.7 Å². The molecule has 2 aromatic heterocycles. The van der Waals surface area contributed by atoms with Crippen molar-refractivity contribution in [2.24, 2.45) is 11.7 Å². The third-order valence-corrected chi connectivity index (χ3v) is 3.34. The van der Waals surface area contributed by atoms with E-state index in [1.807, 2.05) is 6.07 Å². The maximum atomic E-state index is 5.71. The van der Waals surface area contributed by atoms with Gasteiger partial charge in [-0.05, 0) is 29.7 Å². The number of hydrogen-bond donors (Lipinski definition) is 2. The maximum Gasteiger partial charge on any atom is 0.159 e. The molecular formula is C15H19N5. The van der Waals surface area contributed by atoms with Gasteiger partial charge in [-0.1, -0.05) is 19.9 Å². The van der Waals surface area contributed by atoms with E-state index in [2.05, 4.69) is 46.8 Å². The van der Waals surface area contributed by atoms with Crippen LogP contribution in [0.2, 0.25) is 0 Å². The molecule has 0 fully saturated rings. The van der Waals surface area contributed by atoms with E-state index in [1.165, 1.54) is 0 Å². The Hall–Kier alpha value is -2.14. The molecule has 5 heteroatoms. The van der Waals surface area contributed by atoms with Gasteiger partial charge >= 0.3 is 0 Å². The molecule has 0 amide bonds. The molecule has 3 N–H and O–H groups in total. The zero-order valence-corrected chi connectivity index (χ0v) is 11.8. The number of aromatic nitrogens is 4. The van der Waals surface area contributed by atoms with Gasteiger partial charge < -0.3 is 10.3 Å². The first-order valence-corrected chi connectivity index (χ1v) is 6.88. The predicted molar refractivity (Wildman–Crippen MR) is 80.0 cm³/mol. The highest BCUT2D eigenvalue weighted by Crippen LogP contribution is 2.25. The van der Waals surface area contributed by atoms with Gasteiger partial charge in [0.2, 0.25) is 0 Å². The molecule has 20 heavy (non-hydrogen) atoms. The molecule has 0 atom stereocenters. The van der Waals surface area contributed by atoms with E-state index >= 15 is 0 Å². The second kappa shape index (κ2) is 5.09. The van der Waals surface area contributed by atoms with E-state index < -0.39 is 0 Å². The van der Waals surface area contributed by atoms with Crippen molar-refractivity contribution in [1.29, 1.82) is 0 Å². The number of H-pyrrole nitrogens is 1. The summed E-state index contributed by atoms with van der Waals surface area (Å²) in [5.74, 6) is 1.48. The van der Waals surface area contributed by atoms with E-state index in [9.17, 15) is 0 Å². The average molecular weight is 269 g/mol. The number of fused-ring (bicyclic) bond motifs is 1. The summed E-state index contributed by atoms with van der Waals surface area (Å²) < 4.78 is 2.24. The largest absolute Gasteiger partial charge is 0.326 e. The van der Waals surface area contributed by atoms with E-state index in [1.54, 1.807) is 6.20 Å². The lowest BCUT2D eigenvalue weighted by atomic mass is 10.2. The van der Waals surface area contributed by atoms with Crippen molar-refractivity contribution >= 4 is 11.0 Å². The Bertz CT molecular complexity index is 709. The molecule has 3 aromatic rings. The normalized spacial score (nSPS) is 11.6. The molecule has 0 saturated carbocycles. The van der Waals surface area contributed by atoms with Gasteiger partial charge in [-0.15, -0.1) is 0 Å². The molecule has 2 heterocycles. The van der Waals surface area contributed by atoms with Gasteiger partial charge in [0, 0.05) is 19.3 Å². The highest BCUT2D eigenvalue weighted by molar-refractivity contribution is 5.80. The van der Waals surface area contributed by atoms with Crippen LogP contribution < -0.4 is 5.73 Å². The molecule has 0 aliphatic carbocycles. The van der Waals surface area contributed by atoms with Crippen molar-refractivity contribution in [1.82, 2.24) is 19.7 Å². The first kappa shape index (κ1) is 12.9. The van der Waals surface area contributed by atoms with Crippen LogP contribution in [0.3, 0.4) is 0 Å². The lowest BCUT2D eigenvalue weighted by Gasteiger charge is -2.10. The first-order chi connectivity index (χ1) is 9.69. The van der Waals surface area contributed by atoms with Gasteiger partial charge in [-0.3, -0.25) is 5.10 Å². The molecule has 5 nitrogen and oxygen atoms in total. The summed E-state index contributed by atoms with van der Waals surface area (Å²) in [7, 11) is 0. The molecule has 0 radical (unpaired) electrons. The van der Waals surface area contributed by atoms with Crippen molar-refractivity contribution in [3.8, 4) is 11.5 Å². The van der Waals surface area contributed by atoms with Crippen LogP contribution in [-0.4, -0.2) is 19.7 Å². The van der Waals surface area contributed by atoms with Crippen LogP contribution in [0, 0.1) is 5.92 Å². The Kier molecular flexibility index (Phi) is 3.28. The summed E-state index contributed by atoms with van der Waals surface area (Å²) in [6, 6.07) is 8.18. The summed E-state index contributed by atoms with van der Waals surface area (Å²) in [6.45, 7) is 5.87. The van der Waals surface area contributed by atoms with Crippen LogP contribution >= 0.6 is 0 Å². The van der Waals surface area contributed by atoms with Crippen LogP contribution in [0.5, 0.6) is 0 Å². The number of nitrogens with zero attached hydrogens (tertiary/aromatic N) is 3. The van der Waals surface area contributed by atoms with Gasteiger partial charge in [-0.2, -0.15) is 5.10 Å². The van der Waals surface area contributed by atoms with Gasteiger partial charge in [0.05, 0.1) is 11.0 Å². The van der Waals surface area contributed by atoms with Gasteiger partial charge in [0.25, 0.3) is 0 Å². The third kappa shape index (κ3) is 2.20. The SMILES string of the molecule is CC(C)Cn1c(-c2ccn[nH]2)nc2cc(CN)ccc21. The topological polar surface area (TPSA) is 72.5 Å². The molecule has 3 rings (SSSR count). The number of rotatable bonds is 4. The zero-order valence-electron chi connectivity index (χ0n) is 11.8. The van der Waals surface area contributed by atoms with Crippen molar-refractivity contribution in [3.05, 3.63) is 36.0 Å². The molecular weight excluding hydrogens is 250 g/mol. The average Bonchev–Trinajstić information content (AvgIpc) is 3.05. The predicted octanol–water partition coefficient (Wildman–Crippen LogP) is 2.54. The fourth-order valence-corrected chi connectivity index (χ4v) is 2.44. The van der Waals surface area contributed by atoms with Gasteiger partial charge in [0.1, 0.15) is 5.69 Å². The van der Waals surface area contributed by atoms with Crippen LogP contribution in [0.4, 0.5) is 0 Å². The number of nitrogens with two attached hydrogens (primary N) is 1. The molecule has 0 saturated heterocycles. The van der Waals surface area contributed by atoms with Crippen molar-refractivity contribution in [3.63, 3.8) is 0 Å².